The fraction of sp³-hybridized carbons (Fsp3) is 0.684. The lowest BCUT2D eigenvalue weighted by Crippen LogP contribution is -2.51. The number of rotatable bonds is 4. The number of benzene rings is 1. The van der Waals surface area contributed by atoms with Crippen molar-refractivity contribution >= 4 is 0 Å². The van der Waals surface area contributed by atoms with Gasteiger partial charge in [0.25, 0.3) is 0 Å². The van der Waals surface area contributed by atoms with Crippen LogP contribution in [0.15, 0.2) is 18.2 Å². The van der Waals surface area contributed by atoms with Crippen molar-refractivity contribution in [1.82, 2.24) is 5.32 Å². The molecule has 1 aromatic carbocycles. The third-order valence-electron chi connectivity index (χ3n) is 5.22. The maximum Gasteiger partial charge on any atom is 0.167 e. The van der Waals surface area contributed by atoms with Gasteiger partial charge in [-0.15, -0.1) is 0 Å². The standard InChI is InChI=1S/C19H29NO2/c1-19(20-14-15-8-5-3-4-6-9-15)13-12-16-10-7-11-17(21-2)18(16)22-19/h7,10-11,15,20H,3-6,8-9,12-14H2,1-2H3. The van der Waals surface area contributed by atoms with Gasteiger partial charge in [0.05, 0.1) is 7.11 Å². The Morgan fingerprint density at radius 3 is 2.73 bits per heavy atom. The van der Waals surface area contributed by atoms with Crippen LogP contribution in [-0.4, -0.2) is 19.4 Å². The fourth-order valence-electron chi connectivity index (χ4n) is 3.74. The Morgan fingerprint density at radius 1 is 1.23 bits per heavy atom. The van der Waals surface area contributed by atoms with Crippen LogP contribution in [-0.2, 0) is 6.42 Å². The zero-order valence-electron chi connectivity index (χ0n) is 14.0. The molecule has 0 amide bonds. The Labute approximate surface area is 134 Å². The van der Waals surface area contributed by atoms with Gasteiger partial charge in [0.2, 0.25) is 0 Å². The molecular weight excluding hydrogens is 274 g/mol. The lowest BCUT2D eigenvalue weighted by molar-refractivity contribution is 0.0231. The van der Waals surface area contributed by atoms with Crippen LogP contribution in [0.1, 0.15) is 57.4 Å². The summed E-state index contributed by atoms with van der Waals surface area (Å²) in [5.41, 5.74) is 0.988. The maximum atomic E-state index is 6.33. The van der Waals surface area contributed by atoms with E-state index in [1.165, 1.54) is 44.1 Å². The second kappa shape index (κ2) is 6.91. The molecule has 1 heterocycles. The Morgan fingerprint density at radius 2 is 2.00 bits per heavy atom. The number of aryl methyl sites for hydroxylation is 1. The van der Waals surface area contributed by atoms with Gasteiger partial charge >= 0.3 is 0 Å². The van der Waals surface area contributed by atoms with Crippen LogP contribution in [0.3, 0.4) is 0 Å². The molecule has 122 valence electrons. The first-order chi connectivity index (χ1) is 10.7. The summed E-state index contributed by atoms with van der Waals surface area (Å²) in [6, 6.07) is 6.17. The molecule has 22 heavy (non-hydrogen) atoms. The molecule has 1 atom stereocenters. The zero-order chi connectivity index (χ0) is 15.4. The van der Waals surface area contributed by atoms with E-state index in [1.54, 1.807) is 7.11 Å². The summed E-state index contributed by atoms with van der Waals surface area (Å²) in [6.07, 6.45) is 10.4. The molecule has 0 bridgehead atoms. The van der Waals surface area contributed by atoms with Crippen LogP contribution in [0.2, 0.25) is 0 Å². The predicted molar refractivity (Wildman–Crippen MR) is 89.5 cm³/mol. The average Bonchev–Trinajstić information content (AvgIpc) is 2.81. The number of fused-ring (bicyclic) bond motifs is 1. The largest absolute Gasteiger partial charge is 0.493 e. The molecule has 1 fully saturated rings. The summed E-state index contributed by atoms with van der Waals surface area (Å²) in [6.45, 7) is 3.25. The minimum atomic E-state index is -0.270. The van der Waals surface area contributed by atoms with Crippen molar-refractivity contribution in [2.24, 2.45) is 5.92 Å². The number of para-hydroxylation sites is 1. The van der Waals surface area contributed by atoms with Crippen molar-refractivity contribution in [1.29, 1.82) is 0 Å². The van der Waals surface area contributed by atoms with Crippen LogP contribution in [0.5, 0.6) is 11.5 Å². The number of hydrogen-bond donors (Lipinski definition) is 1. The van der Waals surface area contributed by atoms with Crippen molar-refractivity contribution < 1.29 is 9.47 Å². The molecule has 1 aliphatic carbocycles. The van der Waals surface area contributed by atoms with Crippen molar-refractivity contribution in [2.75, 3.05) is 13.7 Å². The lowest BCUT2D eigenvalue weighted by Gasteiger charge is -2.38. The van der Waals surface area contributed by atoms with Crippen LogP contribution in [0.25, 0.3) is 0 Å². The number of ether oxygens (including phenoxy) is 2. The van der Waals surface area contributed by atoms with Gasteiger partial charge in [-0.25, -0.2) is 0 Å². The Kier molecular flexibility index (Phi) is 4.92. The van der Waals surface area contributed by atoms with E-state index in [1.807, 2.05) is 12.1 Å². The van der Waals surface area contributed by atoms with E-state index in [2.05, 4.69) is 18.3 Å². The molecule has 0 spiro atoms. The summed E-state index contributed by atoms with van der Waals surface area (Å²) in [5.74, 6) is 2.58. The maximum absolute atomic E-state index is 6.33. The van der Waals surface area contributed by atoms with Crippen molar-refractivity contribution in [3.05, 3.63) is 23.8 Å². The molecule has 3 nitrogen and oxygen atoms in total. The highest BCUT2D eigenvalue weighted by molar-refractivity contribution is 5.48. The van der Waals surface area contributed by atoms with E-state index in [4.69, 9.17) is 9.47 Å². The molecule has 1 N–H and O–H groups in total. The molecule has 0 saturated heterocycles. The Hall–Kier alpha value is -1.22. The molecule has 3 heteroatoms. The molecule has 0 aromatic heterocycles. The lowest BCUT2D eigenvalue weighted by atomic mass is 9.96. The Bertz CT molecular complexity index is 480. The van der Waals surface area contributed by atoms with Crippen molar-refractivity contribution in [2.45, 2.75) is 64.0 Å². The molecule has 1 unspecified atom stereocenters. The summed E-state index contributed by atoms with van der Waals surface area (Å²) >= 11 is 0. The van der Waals surface area contributed by atoms with Gasteiger partial charge in [-0.2, -0.15) is 0 Å². The normalized spacial score (nSPS) is 25.9. The zero-order valence-corrected chi connectivity index (χ0v) is 14.0. The first-order valence-corrected chi connectivity index (χ1v) is 8.80. The molecule has 1 aromatic rings. The second-order valence-corrected chi connectivity index (χ2v) is 7.02. The van der Waals surface area contributed by atoms with Crippen LogP contribution >= 0.6 is 0 Å². The summed E-state index contributed by atoms with van der Waals surface area (Å²) in [4.78, 5) is 0. The van der Waals surface area contributed by atoms with Gasteiger partial charge in [-0.05, 0) is 43.7 Å². The summed E-state index contributed by atoms with van der Waals surface area (Å²) in [5, 5.41) is 3.71. The topological polar surface area (TPSA) is 30.5 Å². The molecule has 1 aliphatic heterocycles. The number of nitrogens with one attached hydrogen (secondary N) is 1. The number of hydrogen-bond acceptors (Lipinski definition) is 3. The van der Waals surface area contributed by atoms with E-state index in [0.717, 1.165) is 36.8 Å². The van der Waals surface area contributed by atoms with Gasteiger partial charge in [0.1, 0.15) is 0 Å². The van der Waals surface area contributed by atoms with E-state index in [0.29, 0.717) is 0 Å². The Balaban J connectivity index is 1.64. The van der Waals surface area contributed by atoms with Gasteiger partial charge < -0.3 is 9.47 Å². The molecule has 3 rings (SSSR count). The van der Waals surface area contributed by atoms with Crippen molar-refractivity contribution in [3.8, 4) is 11.5 Å². The smallest absolute Gasteiger partial charge is 0.167 e. The predicted octanol–water partition coefficient (Wildman–Crippen LogP) is 4.30. The first kappa shape index (κ1) is 15.7. The van der Waals surface area contributed by atoms with Gasteiger partial charge in [0, 0.05) is 13.0 Å². The highest BCUT2D eigenvalue weighted by Gasteiger charge is 2.33. The quantitative estimate of drug-likeness (QED) is 0.841. The second-order valence-electron chi connectivity index (χ2n) is 7.02. The molecule has 1 saturated carbocycles. The fourth-order valence-corrected chi connectivity index (χ4v) is 3.74. The van der Waals surface area contributed by atoms with Crippen LogP contribution < -0.4 is 14.8 Å². The monoisotopic (exact) mass is 303 g/mol. The molecular formula is C19H29NO2. The van der Waals surface area contributed by atoms with Crippen LogP contribution in [0.4, 0.5) is 0 Å². The van der Waals surface area contributed by atoms with Crippen molar-refractivity contribution in [3.63, 3.8) is 0 Å². The SMILES string of the molecule is COc1cccc2c1OC(C)(NCC1CCCCCC1)CC2. The van der Waals surface area contributed by atoms with Crippen LogP contribution in [0, 0.1) is 5.92 Å². The highest BCUT2D eigenvalue weighted by atomic mass is 16.5. The van der Waals surface area contributed by atoms with E-state index >= 15 is 0 Å². The number of methoxy groups -OCH3 is 1. The third-order valence-corrected chi connectivity index (χ3v) is 5.22. The van der Waals surface area contributed by atoms with Gasteiger partial charge in [0.15, 0.2) is 17.2 Å². The van der Waals surface area contributed by atoms with E-state index < -0.39 is 0 Å². The van der Waals surface area contributed by atoms with Gasteiger partial charge in [-0.1, -0.05) is 37.8 Å². The van der Waals surface area contributed by atoms with E-state index in [9.17, 15) is 0 Å². The summed E-state index contributed by atoms with van der Waals surface area (Å²) in [7, 11) is 1.71. The summed E-state index contributed by atoms with van der Waals surface area (Å²) < 4.78 is 11.8. The minimum absolute atomic E-state index is 0.270. The van der Waals surface area contributed by atoms with E-state index in [-0.39, 0.29) is 5.72 Å². The first-order valence-electron chi connectivity index (χ1n) is 8.80. The highest BCUT2D eigenvalue weighted by Crippen LogP contribution is 2.39. The molecule has 2 aliphatic rings. The average molecular weight is 303 g/mol. The third kappa shape index (κ3) is 3.57. The van der Waals surface area contributed by atoms with Gasteiger partial charge in [-0.3, -0.25) is 5.32 Å². The molecule has 0 radical (unpaired) electrons. The minimum Gasteiger partial charge on any atom is -0.493 e.